The van der Waals surface area contributed by atoms with E-state index >= 15 is 0 Å². The van der Waals surface area contributed by atoms with Crippen LogP contribution in [-0.2, 0) is 11.2 Å². The van der Waals surface area contributed by atoms with Crippen LogP contribution in [0, 0.1) is 0 Å². The highest BCUT2D eigenvalue weighted by atomic mass is 16.4. The molecule has 0 aromatic heterocycles. The number of likely N-dealkylation sites (tertiary alicyclic amines) is 1. The average Bonchev–Trinajstić information content (AvgIpc) is 2.84. The molecule has 1 aromatic carbocycles. The van der Waals surface area contributed by atoms with E-state index in [0.717, 1.165) is 25.1 Å². The van der Waals surface area contributed by atoms with Crippen molar-refractivity contribution in [2.75, 3.05) is 20.1 Å². The largest absolute Gasteiger partial charge is 0.480 e. The van der Waals surface area contributed by atoms with Crippen LogP contribution < -0.4 is 10.6 Å². The minimum Gasteiger partial charge on any atom is -0.480 e. The maximum absolute atomic E-state index is 11.9. The van der Waals surface area contributed by atoms with Crippen LogP contribution in [0.4, 0.5) is 4.79 Å². The summed E-state index contributed by atoms with van der Waals surface area (Å²) in [4.78, 5) is 25.3. The fourth-order valence-electron chi connectivity index (χ4n) is 2.49. The van der Waals surface area contributed by atoms with E-state index in [1.165, 1.54) is 0 Å². The number of carbonyl (C=O) groups excluding carboxylic acids is 1. The van der Waals surface area contributed by atoms with Gasteiger partial charge in [0.15, 0.2) is 0 Å². The molecule has 0 spiro atoms. The summed E-state index contributed by atoms with van der Waals surface area (Å²) in [6.45, 7) is 1.74. The fraction of sp³-hybridized carbons (Fsp3) is 0.467. The first-order valence-electron chi connectivity index (χ1n) is 7.07. The molecule has 1 saturated heterocycles. The molecule has 1 aromatic rings. The molecule has 114 valence electrons. The third-order valence-corrected chi connectivity index (χ3v) is 3.61. The number of hydrogen-bond donors (Lipinski definition) is 3. The number of rotatable bonds is 5. The predicted octanol–water partition coefficient (Wildman–Crippen LogP) is 0.686. The first-order chi connectivity index (χ1) is 10.0. The van der Waals surface area contributed by atoms with E-state index in [0.29, 0.717) is 0 Å². The Labute approximate surface area is 124 Å². The lowest BCUT2D eigenvalue weighted by atomic mass is 10.1. The Bertz CT molecular complexity index is 492. The summed E-state index contributed by atoms with van der Waals surface area (Å²) in [7, 11) is 2.00. The number of amides is 2. The number of nitrogens with zero attached hydrogens (tertiary/aromatic N) is 1. The molecule has 1 unspecified atom stereocenters. The summed E-state index contributed by atoms with van der Waals surface area (Å²) in [5, 5.41) is 14.6. The van der Waals surface area contributed by atoms with E-state index in [1.807, 2.05) is 37.4 Å². The maximum Gasteiger partial charge on any atom is 0.326 e. The second-order valence-electron chi connectivity index (χ2n) is 5.45. The second-order valence-corrected chi connectivity index (χ2v) is 5.45. The van der Waals surface area contributed by atoms with Gasteiger partial charge in [0.25, 0.3) is 0 Å². The highest BCUT2D eigenvalue weighted by Crippen LogP contribution is 2.06. The van der Waals surface area contributed by atoms with Crippen molar-refractivity contribution < 1.29 is 14.7 Å². The Balaban J connectivity index is 1.87. The molecule has 1 aliphatic rings. The minimum atomic E-state index is -1.03. The van der Waals surface area contributed by atoms with Crippen LogP contribution in [-0.4, -0.2) is 54.2 Å². The van der Waals surface area contributed by atoms with Gasteiger partial charge in [-0.2, -0.15) is 0 Å². The molecule has 21 heavy (non-hydrogen) atoms. The van der Waals surface area contributed by atoms with E-state index < -0.39 is 18.0 Å². The van der Waals surface area contributed by atoms with Crippen molar-refractivity contribution in [2.45, 2.75) is 24.9 Å². The van der Waals surface area contributed by atoms with Crippen molar-refractivity contribution in [3.05, 3.63) is 35.9 Å². The van der Waals surface area contributed by atoms with Crippen molar-refractivity contribution in [3.8, 4) is 0 Å². The van der Waals surface area contributed by atoms with E-state index in [-0.39, 0.29) is 12.5 Å². The molecule has 6 nitrogen and oxygen atoms in total. The Kier molecular flexibility index (Phi) is 5.16. The van der Waals surface area contributed by atoms with Gasteiger partial charge in [-0.3, -0.25) is 0 Å². The maximum atomic E-state index is 11.9. The van der Waals surface area contributed by atoms with Gasteiger partial charge in [-0.15, -0.1) is 0 Å². The standard InChI is InChI=1S/C15H21N3O3/c1-18-8-7-12(10-18)16-15(21)17-13(14(19)20)9-11-5-3-2-4-6-11/h2-6,12-13H,7-10H2,1H3,(H,19,20)(H2,16,17,21)/t12?,13-/m0/s1. The van der Waals surface area contributed by atoms with Crippen LogP contribution in [0.1, 0.15) is 12.0 Å². The molecule has 1 aliphatic heterocycles. The molecule has 0 aliphatic carbocycles. The van der Waals surface area contributed by atoms with Crippen molar-refractivity contribution in [2.24, 2.45) is 0 Å². The highest BCUT2D eigenvalue weighted by molar-refractivity contribution is 5.82. The SMILES string of the molecule is CN1CCC(NC(=O)N[C@@H](Cc2ccccc2)C(=O)O)C1. The van der Waals surface area contributed by atoms with Crippen LogP contribution in [0.25, 0.3) is 0 Å². The molecule has 3 N–H and O–H groups in total. The Morgan fingerprint density at radius 2 is 2.10 bits per heavy atom. The smallest absolute Gasteiger partial charge is 0.326 e. The lowest BCUT2D eigenvalue weighted by Gasteiger charge is -2.18. The number of urea groups is 1. The molecule has 0 bridgehead atoms. The summed E-state index contributed by atoms with van der Waals surface area (Å²) in [5.41, 5.74) is 0.880. The van der Waals surface area contributed by atoms with E-state index in [2.05, 4.69) is 15.5 Å². The van der Waals surface area contributed by atoms with Crippen molar-refractivity contribution in [3.63, 3.8) is 0 Å². The van der Waals surface area contributed by atoms with Crippen LogP contribution >= 0.6 is 0 Å². The number of aliphatic carboxylic acids is 1. The number of nitrogens with one attached hydrogen (secondary N) is 2. The van der Waals surface area contributed by atoms with Gasteiger partial charge in [0.1, 0.15) is 6.04 Å². The number of carboxylic acid groups (broad SMARTS) is 1. The molecule has 0 radical (unpaired) electrons. The molecule has 2 amide bonds. The minimum absolute atomic E-state index is 0.0844. The fourth-order valence-corrected chi connectivity index (χ4v) is 2.49. The molecule has 0 saturated carbocycles. The van der Waals surface area contributed by atoms with Crippen molar-refractivity contribution >= 4 is 12.0 Å². The lowest BCUT2D eigenvalue weighted by molar-refractivity contribution is -0.139. The summed E-state index contributed by atoms with van der Waals surface area (Å²) in [5.74, 6) is -1.03. The van der Waals surface area contributed by atoms with Gasteiger partial charge in [-0.25, -0.2) is 9.59 Å². The van der Waals surface area contributed by atoms with E-state index in [9.17, 15) is 14.7 Å². The van der Waals surface area contributed by atoms with Gasteiger partial charge >= 0.3 is 12.0 Å². The third-order valence-electron chi connectivity index (χ3n) is 3.61. The zero-order valence-corrected chi connectivity index (χ0v) is 12.1. The van der Waals surface area contributed by atoms with Gasteiger partial charge in [0, 0.05) is 19.0 Å². The normalized spacial score (nSPS) is 20.0. The number of benzene rings is 1. The number of carbonyl (C=O) groups is 2. The monoisotopic (exact) mass is 291 g/mol. The van der Waals surface area contributed by atoms with E-state index in [4.69, 9.17) is 0 Å². The highest BCUT2D eigenvalue weighted by Gasteiger charge is 2.24. The van der Waals surface area contributed by atoms with Crippen molar-refractivity contribution in [1.29, 1.82) is 0 Å². The predicted molar refractivity (Wildman–Crippen MR) is 79.1 cm³/mol. The Morgan fingerprint density at radius 1 is 1.38 bits per heavy atom. The zero-order chi connectivity index (χ0) is 15.2. The van der Waals surface area contributed by atoms with Gasteiger partial charge in [-0.1, -0.05) is 30.3 Å². The van der Waals surface area contributed by atoms with Crippen LogP contribution in [0.15, 0.2) is 30.3 Å². The van der Waals surface area contributed by atoms with Crippen molar-refractivity contribution in [1.82, 2.24) is 15.5 Å². The molecule has 6 heteroatoms. The summed E-state index contributed by atoms with van der Waals surface area (Å²) < 4.78 is 0. The average molecular weight is 291 g/mol. The first kappa shape index (κ1) is 15.3. The summed E-state index contributed by atoms with van der Waals surface area (Å²) >= 11 is 0. The Morgan fingerprint density at radius 3 is 2.67 bits per heavy atom. The van der Waals surface area contributed by atoms with Gasteiger partial charge in [-0.05, 0) is 25.6 Å². The molecule has 2 rings (SSSR count). The first-order valence-corrected chi connectivity index (χ1v) is 7.07. The van der Waals surface area contributed by atoms with Crippen LogP contribution in [0.5, 0.6) is 0 Å². The molecular weight excluding hydrogens is 270 g/mol. The molecule has 1 heterocycles. The lowest BCUT2D eigenvalue weighted by Crippen LogP contribution is -2.50. The zero-order valence-electron chi connectivity index (χ0n) is 12.1. The number of likely N-dealkylation sites (N-methyl/N-ethyl adjacent to an activating group) is 1. The van der Waals surface area contributed by atoms with Gasteiger partial charge < -0.3 is 20.6 Å². The summed E-state index contributed by atoms with van der Waals surface area (Å²) in [6.07, 6.45) is 1.16. The molecule has 1 fully saturated rings. The summed E-state index contributed by atoms with van der Waals surface area (Å²) in [6, 6.07) is 8.01. The van der Waals surface area contributed by atoms with Crippen LogP contribution in [0.2, 0.25) is 0 Å². The van der Waals surface area contributed by atoms with Crippen LogP contribution in [0.3, 0.4) is 0 Å². The number of carboxylic acids is 1. The van der Waals surface area contributed by atoms with Gasteiger partial charge in [0.05, 0.1) is 0 Å². The molecule has 2 atom stereocenters. The molecular formula is C15H21N3O3. The quantitative estimate of drug-likeness (QED) is 0.745. The third kappa shape index (κ3) is 4.75. The van der Waals surface area contributed by atoms with E-state index in [1.54, 1.807) is 0 Å². The Hall–Kier alpha value is -2.08. The number of hydrogen-bond acceptors (Lipinski definition) is 3. The topological polar surface area (TPSA) is 81.7 Å². The van der Waals surface area contributed by atoms with Gasteiger partial charge in [0.2, 0.25) is 0 Å². The second kappa shape index (κ2) is 7.08.